The molecule has 2 heterocycles. The quantitative estimate of drug-likeness (QED) is 0.353. The molecule has 0 spiro atoms. The molecule has 5 nitrogen and oxygen atoms in total. The molecule has 4 rings (SSSR count). The van der Waals surface area contributed by atoms with Gasteiger partial charge < -0.3 is 4.90 Å². The third-order valence-corrected chi connectivity index (χ3v) is 7.12. The number of benzene rings is 2. The Morgan fingerprint density at radius 2 is 1.84 bits per heavy atom. The number of hydrogen-bond donors (Lipinski definition) is 0. The summed E-state index contributed by atoms with van der Waals surface area (Å²) in [7, 11) is 1.80. The minimum atomic E-state index is -0.102. The van der Waals surface area contributed by atoms with Crippen LogP contribution in [0.5, 0.6) is 0 Å². The van der Waals surface area contributed by atoms with Crippen molar-refractivity contribution in [3.05, 3.63) is 81.7 Å². The number of nitrogens with zero attached hydrogens (tertiary/aromatic N) is 3. The van der Waals surface area contributed by atoms with Gasteiger partial charge in [0.2, 0.25) is 5.91 Å². The van der Waals surface area contributed by atoms with E-state index in [0.29, 0.717) is 18.5 Å². The summed E-state index contributed by atoms with van der Waals surface area (Å²) in [6.45, 7) is 2.89. The van der Waals surface area contributed by atoms with Gasteiger partial charge in [-0.1, -0.05) is 42.0 Å². The molecule has 0 N–H and O–H groups in total. The van der Waals surface area contributed by atoms with Crippen LogP contribution in [0, 0.1) is 6.92 Å². The van der Waals surface area contributed by atoms with Gasteiger partial charge in [-0.05, 0) is 36.4 Å². The number of hydrogen-bond acceptors (Lipinski definition) is 5. The molecule has 0 aliphatic heterocycles. The standard InChI is InChI=1S/C25H25N3O2S2/c1-17-4-8-19(9-5-17)21-15-32-24-23(21)25(30)28(16-26-24)13-12-22(29)27(2)14-18-6-10-20(31-3)11-7-18/h4-11,15-16H,12-14H2,1-3H3. The number of rotatable bonds is 7. The highest BCUT2D eigenvalue weighted by Gasteiger charge is 2.15. The van der Waals surface area contributed by atoms with Crippen molar-refractivity contribution in [3.63, 3.8) is 0 Å². The molecule has 0 saturated carbocycles. The summed E-state index contributed by atoms with van der Waals surface area (Å²) >= 11 is 3.16. The van der Waals surface area contributed by atoms with Gasteiger partial charge in [0.1, 0.15) is 4.83 Å². The lowest BCUT2D eigenvalue weighted by molar-refractivity contribution is -0.130. The summed E-state index contributed by atoms with van der Waals surface area (Å²) in [5, 5.41) is 2.60. The molecule has 7 heteroatoms. The predicted molar refractivity (Wildman–Crippen MR) is 133 cm³/mol. The monoisotopic (exact) mass is 463 g/mol. The fourth-order valence-electron chi connectivity index (χ4n) is 3.57. The summed E-state index contributed by atoms with van der Waals surface area (Å²) in [5.41, 5.74) is 4.05. The molecule has 4 aromatic rings. The average molecular weight is 464 g/mol. The van der Waals surface area contributed by atoms with Crippen LogP contribution >= 0.6 is 23.1 Å². The van der Waals surface area contributed by atoms with Crippen molar-refractivity contribution in [2.24, 2.45) is 0 Å². The van der Waals surface area contributed by atoms with Crippen LogP contribution in [0.2, 0.25) is 0 Å². The van der Waals surface area contributed by atoms with E-state index in [-0.39, 0.29) is 17.9 Å². The number of fused-ring (bicyclic) bond motifs is 1. The van der Waals surface area contributed by atoms with E-state index < -0.39 is 0 Å². The van der Waals surface area contributed by atoms with E-state index in [4.69, 9.17) is 0 Å². The molecular formula is C25H25N3O2S2. The molecule has 0 fully saturated rings. The maximum Gasteiger partial charge on any atom is 0.262 e. The van der Waals surface area contributed by atoms with Gasteiger partial charge in [0.15, 0.2) is 0 Å². The van der Waals surface area contributed by atoms with Gasteiger partial charge in [-0.3, -0.25) is 14.2 Å². The highest BCUT2D eigenvalue weighted by molar-refractivity contribution is 7.98. The number of aryl methyl sites for hydroxylation is 2. The maximum atomic E-state index is 13.2. The first-order valence-electron chi connectivity index (χ1n) is 10.4. The lowest BCUT2D eigenvalue weighted by Crippen LogP contribution is -2.29. The fraction of sp³-hybridized carbons (Fsp3) is 0.240. The molecule has 32 heavy (non-hydrogen) atoms. The van der Waals surface area contributed by atoms with E-state index in [0.717, 1.165) is 21.5 Å². The third-order valence-electron chi connectivity index (χ3n) is 5.49. The van der Waals surface area contributed by atoms with Gasteiger partial charge in [0.05, 0.1) is 11.7 Å². The lowest BCUT2D eigenvalue weighted by atomic mass is 10.1. The maximum absolute atomic E-state index is 13.2. The van der Waals surface area contributed by atoms with E-state index in [1.807, 2.05) is 55.0 Å². The van der Waals surface area contributed by atoms with Gasteiger partial charge in [-0.25, -0.2) is 4.98 Å². The van der Waals surface area contributed by atoms with Crippen LogP contribution in [0.15, 0.2) is 69.9 Å². The number of amides is 1. The summed E-state index contributed by atoms with van der Waals surface area (Å²) in [5.74, 6) is -0.00461. The Morgan fingerprint density at radius 3 is 2.53 bits per heavy atom. The van der Waals surface area contributed by atoms with Gasteiger partial charge in [-0.2, -0.15) is 0 Å². The van der Waals surface area contributed by atoms with Crippen LogP contribution in [0.4, 0.5) is 0 Å². The summed E-state index contributed by atoms with van der Waals surface area (Å²) in [6, 6.07) is 16.3. The Balaban J connectivity index is 1.48. The van der Waals surface area contributed by atoms with E-state index in [2.05, 4.69) is 17.1 Å². The minimum absolute atomic E-state index is 0.00461. The Kier molecular flexibility index (Phi) is 6.77. The van der Waals surface area contributed by atoms with E-state index >= 15 is 0 Å². The first kappa shape index (κ1) is 22.3. The summed E-state index contributed by atoms with van der Waals surface area (Å²) in [6.07, 6.45) is 3.84. The molecule has 0 aliphatic carbocycles. The molecular weight excluding hydrogens is 438 g/mol. The van der Waals surface area contributed by atoms with Crippen LogP contribution in [-0.4, -0.2) is 33.7 Å². The third kappa shape index (κ3) is 4.79. The predicted octanol–water partition coefficient (Wildman–Crippen LogP) is 5.20. The summed E-state index contributed by atoms with van der Waals surface area (Å²) in [4.78, 5) is 34.0. The smallest absolute Gasteiger partial charge is 0.262 e. The second kappa shape index (κ2) is 9.71. The molecule has 2 aromatic carbocycles. The van der Waals surface area contributed by atoms with Crippen molar-refractivity contribution >= 4 is 39.2 Å². The zero-order chi connectivity index (χ0) is 22.7. The van der Waals surface area contributed by atoms with Crippen molar-refractivity contribution in [2.45, 2.75) is 31.3 Å². The van der Waals surface area contributed by atoms with Crippen molar-refractivity contribution in [1.29, 1.82) is 0 Å². The molecule has 0 radical (unpaired) electrons. The van der Waals surface area contributed by atoms with Crippen molar-refractivity contribution in [2.75, 3.05) is 13.3 Å². The van der Waals surface area contributed by atoms with Gasteiger partial charge >= 0.3 is 0 Å². The second-order valence-electron chi connectivity index (χ2n) is 7.79. The summed E-state index contributed by atoms with van der Waals surface area (Å²) < 4.78 is 1.55. The Labute approximate surface area is 195 Å². The zero-order valence-corrected chi connectivity index (χ0v) is 20.0. The molecule has 0 bridgehead atoms. The SMILES string of the molecule is CSc1ccc(CN(C)C(=O)CCn2cnc3scc(-c4ccc(C)cc4)c3c2=O)cc1. The molecule has 0 aliphatic rings. The molecule has 164 valence electrons. The molecule has 0 saturated heterocycles. The topological polar surface area (TPSA) is 55.2 Å². The number of aromatic nitrogens is 2. The van der Waals surface area contributed by atoms with E-state index in [9.17, 15) is 9.59 Å². The van der Waals surface area contributed by atoms with Crippen LogP contribution in [0.3, 0.4) is 0 Å². The number of thioether (sulfide) groups is 1. The highest BCUT2D eigenvalue weighted by Crippen LogP contribution is 2.30. The first-order chi connectivity index (χ1) is 15.5. The highest BCUT2D eigenvalue weighted by atomic mass is 32.2. The van der Waals surface area contributed by atoms with Gasteiger partial charge in [0.25, 0.3) is 5.56 Å². The van der Waals surface area contributed by atoms with Crippen molar-refractivity contribution in [3.8, 4) is 11.1 Å². The Bertz CT molecular complexity index is 1290. The Hall–Kier alpha value is -2.90. The molecule has 1 amide bonds. The van der Waals surface area contributed by atoms with E-state index in [1.54, 1.807) is 34.6 Å². The molecule has 0 atom stereocenters. The number of carbonyl (C=O) groups excluding carboxylic acids is 1. The number of thiophene rings is 1. The zero-order valence-electron chi connectivity index (χ0n) is 18.4. The van der Waals surface area contributed by atoms with Crippen LogP contribution in [0.1, 0.15) is 17.5 Å². The van der Waals surface area contributed by atoms with Crippen LogP contribution in [0.25, 0.3) is 21.3 Å². The molecule has 0 unspecified atom stereocenters. The van der Waals surface area contributed by atoms with Crippen LogP contribution in [-0.2, 0) is 17.9 Å². The largest absolute Gasteiger partial charge is 0.341 e. The van der Waals surface area contributed by atoms with Crippen molar-refractivity contribution < 1.29 is 4.79 Å². The lowest BCUT2D eigenvalue weighted by Gasteiger charge is -2.18. The fourth-order valence-corrected chi connectivity index (χ4v) is 4.89. The Morgan fingerprint density at radius 1 is 1.12 bits per heavy atom. The minimum Gasteiger partial charge on any atom is -0.341 e. The van der Waals surface area contributed by atoms with Crippen molar-refractivity contribution in [1.82, 2.24) is 14.5 Å². The van der Waals surface area contributed by atoms with Crippen LogP contribution < -0.4 is 5.56 Å². The normalized spacial score (nSPS) is 11.1. The van der Waals surface area contributed by atoms with E-state index in [1.165, 1.54) is 21.8 Å². The molecule has 2 aromatic heterocycles. The van der Waals surface area contributed by atoms with Gasteiger partial charge in [0, 0.05) is 42.4 Å². The average Bonchev–Trinajstić information content (AvgIpc) is 3.24. The second-order valence-corrected chi connectivity index (χ2v) is 9.52. The number of carbonyl (C=O) groups is 1. The van der Waals surface area contributed by atoms with Gasteiger partial charge in [-0.15, -0.1) is 23.1 Å². The first-order valence-corrected chi connectivity index (χ1v) is 12.5.